The first-order chi connectivity index (χ1) is 9.83. The number of aromatic nitrogens is 1. The van der Waals surface area contributed by atoms with Gasteiger partial charge < -0.3 is 9.47 Å². The van der Waals surface area contributed by atoms with Crippen LogP contribution in [0, 0.1) is 0 Å². The molecule has 0 N–H and O–H groups in total. The van der Waals surface area contributed by atoms with Crippen molar-refractivity contribution in [1.82, 2.24) is 4.98 Å². The molecule has 0 saturated carbocycles. The van der Waals surface area contributed by atoms with Crippen LogP contribution in [0.3, 0.4) is 0 Å². The third-order valence-electron chi connectivity index (χ3n) is 2.83. The average molecular weight is 292 g/mol. The van der Waals surface area contributed by atoms with Gasteiger partial charge in [0.05, 0.1) is 13.2 Å². The van der Waals surface area contributed by atoms with Crippen molar-refractivity contribution < 1.29 is 9.47 Å². The molecule has 0 fully saturated rings. The molecule has 0 spiro atoms. The Morgan fingerprint density at radius 2 is 2.00 bits per heavy atom. The highest BCUT2D eigenvalue weighted by Gasteiger charge is 2.06. The second-order valence-corrected chi connectivity index (χ2v) is 4.57. The number of benzene rings is 1. The molecule has 0 aliphatic carbocycles. The van der Waals surface area contributed by atoms with Crippen LogP contribution in [0.2, 0.25) is 0 Å². The third-order valence-corrected chi connectivity index (χ3v) is 3.14. The van der Waals surface area contributed by atoms with Gasteiger partial charge in [-0.05, 0) is 36.2 Å². The first kappa shape index (κ1) is 14.7. The molecule has 0 aliphatic heterocycles. The SMILES string of the molecule is CCOc1cc(CCl)ccc1OCCc1cccnc1. The minimum Gasteiger partial charge on any atom is -0.490 e. The van der Waals surface area contributed by atoms with Crippen molar-refractivity contribution in [1.29, 1.82) is 0 Å². The maximum atomic E-state index is 5.83. The van der Waals surface area contributed by atoms with Crippen LogP contribution in [0.25, 0.3) is 0 Å². The van der Waals surface area contributed by atoms with E-state index >= 15 is 0 Å². The summed E-state index contributed by atoms with van der Waals surface area (Å²) in [4.78, 5) is 4.09. The van der Waals surface area contributed by atoms with Crippen molar-refractivity contribution in [2.45, 2.75) is 19.2 Å². The fourth-order valence-corrected chi connectivity index (χ4v) is 2.01. The molecule has 1 aromatic heterocycles. The number of hydrogen-bond donors (Lipinski definition) is 0. The van der Waals surface area contributed by atoms with Gasteiger partial charge in [0.2, 0.25) is 0 Å². The summed E-state index contributed by atoms with van der Waals surface area (Å²) in [5.74, 6) is 1.97. The highest BCUT2D eigenvalue weighted by molar-refractivity contribution is 6.17. The second kappa shape index (κ2) is 7.75. The van der Waals surface area contributed by atoms with Crippen molar-refractivity contribution in [3.8, 4) is 11.5 Å². The maximum absolute atomic E-state index is 5.83. The molecule has 1 aromatic carbocycles. The Hall–Kier alpha value is -1.74. The van der Waals surface area contributed by atoms with Crippen LogP contribution < -0.4 is 9.47 Å². The lowest BCUT2D eigenvalue weighted by atomic mass is 10.2. The summed E-state index contributed by atoms with van der Waals surface area (Å²) in [7, 11) is 0. The molecule has 106 valence electrons. The molecule has 0 radical (unpaired) electrons. The van der Waals surface area contributed by atoms with Crippen molar-refractivity contribution in [3.63, 3.8) is 0 Å². The van der Waals surface area contributed by atoms with Crippen LogP contribution in [-0.2, 0) is 12.3 Å². The summed E-state index contributed by atoms with van der Waals surface area (Å²) < 4.78 is 11.4. The molecule has 0 saturated heterocycles. The lowest BCUT2D eigenvalue weighted by Gasteiger charge is -2.12. The average Bonchev–Trinajstić information content (AvgIpc) is 2.50. The summed E-state index contributed by atoms with van der Waals surface area (Å²) in [6, 6.07) is 9.75. The van der Waals surface area contributed by atoms with Crippen LogP contribution in [0.4, 0.5) is 0 Å². The zero-order chi connectivity index (χ0) is 14.2. The standard InChI is InChI=1S/C16H18ClNO2/c1-2-19-16-10-14(11-17)5-6-15(16)20-9-7-13-4-3-8-18-12-13/h3-6,8,10,12H,2,7,9,11H2,1H3. The van der Waals surface area contributed by atoms with Gasteiger partial charge in [0.15, 0.2) is 11.5 Å². The van der Waals surface area contributed by atoms with Crippen molar-refractivity contribution in [2.24, 2.45) is 0 Å². The number of alkyl halides is 1. The fraction of sp³-hybridized carbons (Fsp3) is 0.312. The maximum Gasteiger partial charge on any atom is 0.161 e. The lowest BCUT2D eigenvalue weighted by Crippen LogP contribution is -2.04. The van der Waals surface area contributed by atoms with E-state index in [2.05, 4.69) is 4.98 Å². The summed E-state index contributed by atoms with van der Waals surface area (Å²) >= 11 is 5.83. The summed E-state index contributed by atoms with van der Waals surface area (Å²) in [6.45, 7) is 3.14. The first-order valence-electron chi connectivity index (χ1n) is 6.67. The second-order valence-electron chi connectivity index (χ2n) is 4.31. The number of rotatable bonds is 7. The molecule has 0 amide bonds. The Morgan fingerprint density at radius 3 is 2.70 bits per heavy atom. The van der Waals surface area contributed by atoms with Crippen LogP contribution >= 0.6 is 11.6 Å². The largest absolute Gasteiger partial charge is 0.490 e. The normalized spacial score (nSPS) is 10.3. The van der Waals surface area contributed by atoms with Gasteiger partial charge in [-0.1, -0.05) is 12.1 Å². The predicted octanol–water partition coefficient (Wildman–Crippen LogP) is 3.84. The van der Waals surface area contributed by atoms with Gasteiger partial charge in [-0.2, -0.15) is 0 Å². The first-order valence-corrected chi connectivity index (χ1v) is 7.20. The number of halogens is 1. The molecule has 0 unspecified atom stereocenters. The Balaban J connectivity index is 1.98. The quantitative estimate of drug-likeness (QED) is 0.726. The van der Waals surface area contributed by atoms with E-state index in [1.54, 1.807) is 6.20 Å². The van der Waals surface area contributed by atoms with E-state index < -0.39 is 0 Å². The Kier molecular flexibility index (Phi) is 5.69. The van der Waals surface area contributed by atoms with E-state index in [0.29, 0.717) is 19.1 Å². The zero-order valence-electron chi connectivity index (χ0n) is 11.5. The van der Waals surface area contributed by atoms with Crippen molar-refractivity contribution >= 4 is 11.6 Å². The molecular weight excluding hydrogens is 274 g/mol. The Labute approximate surface area is 124 Å². The van der Waals surface area contributed by atoms with Crippen LogP contribution in [0.1, 0.15) is 18.1 Å². The molecule has 4 heteroatoms. The number of pyridine rings is 1. The summed E-state index contributed by atoms with van der Waals surface area (Å²) in [6.07, 6.45) is 4.43. The van der Waals surface area contributed by atoms with Gasteiger partial charge in [-0.25, -0.2) is 0 Å². The highest BCUT2D eigenvalue weighted by atomic mass is 35.5. The van der Waals surface area contributed by atoms with Gasteiger partial charge in [-0.15, -0.1) is 11.6 Å². The summed E-state index contributed by atoms with van der Waals surface area (Å²) in [5, 5.41) is 0. The summed E-state index contributed by atoms with van der Waals surface area (Å²) in [5.41, 5.74) is 2.18. The molecular formula is C16H18ClNO2. The molecule has 0 bridgehead atoms. The molecule has 3 nitrogen and oxygen atoms in total. The van der Waals surface area contributed by atoms with E-state index in [9.17, 15) is 0 Å². The van der Waals surface area contributed by atoms with Crippen LogP contribution in [0.15, 0.2) is 42.7 Å². The molecule has 20 heavy (non-hydrogen) atoms. The van der Waals surface area contributed by atoms with Crippen molar-refractivity contribution in [3.05, 3.63) is 53.9 Å². The van der Waals surface area contributed by atoms with Gasteiger partial charge in [0.25, 0.3) is 0 Å². The number of nitrogens with zero attached hydrogens (tertiary/aromatic N) is 1. The number of ether oxygens (including phenoxy) is 2. The van der Waals surface area contributed by atoms with Crippen LogP contribution in [0.5, 0.6) is 11.5 Å². The van der Waals surface area contributed by atoms with Gasteiger partial charge in [0.1, 0.15) is 0 Å². The molecule has 2 aromatic rings. The minimum absolute atomic E-state index is 0.468. The monoisotopic (exact) mass is 291 g/mol. The van der Waals surface area contributed by atoms with Gasteiger partial charge in [-0.3, -0.25) is 4.98 Å². The smallest absolute Gasteiger partial charge is 0.161 e. The molecule has 2 rings (SSSR count). The lowest BCUT2D eigenvalue weighted by molar-refractivity contribution is 0.279. The zero-order valence-corrected chi connectivity index (χ0v) is 12.3. The van der Waals surface area contributed by atoms with E-state index in [4.69, 9.17) is 21.1 Å². The van der Waals surface area contributed by atoms with Gasteiger partial charge >= 0.3 is 0 Å². The van der Waals surface area contributed by atoms with E-state index in [1.807, 2.05) is 43.5 Å². The van der Waals surface area contributed by atoms with E-state index in [1.165, 1.54) is 0 Å². The van der Waals surface area contributed by atoms with E-state index in [-0.39, 0.29) is 0 Å². The minimum atomic E-state index is 0.468. The third kappa shape index (κ3) is 4.14. The Bertz CT molecular complexity index is 531. The number of hydrogen-bond acceptors (Lipinski definition) is 3. The molecule has 0 aliphatic rings. The van der Waals surface area contributed by atoms with Crippen LogP contribution in [-0.4, -0.2) is 18.2 Å². The van der Waals surface area contributed by atoms with Gasteiger partial charge in [0, 0.05) is 24.7 Å². The molecule has 1 heterocycles. The van der Waals surface area contributed by atoms with E-state index in [0.717, 1.165) is 29.0 Å². The Morgan fingerprint density at radius 1 is 1.10 bits per heavy atom. The van der Waals surface area contributed by atoms with Crippen molar-refractivity contribution in [2.75, 3.05) is 13.2 Å². The highest BCUT2D eigenvalue weighted by Crippen LogP contribution is 2.29. The molecule has 0 atom stereocenters. The topological polar surface area (TPSA) is 31.4 Å². The predicted molar refractivity (Wildman–Crippen MR) is 80.6 cm³/mol. The fourth-order valence-electron chi connectivity index (χ4n) is 1.85.